The quantitative estimate of drug-likeness (QED) is 0.859. The molecule has 1 aromatic rings. The van der Waals surface area contributed by atoms with E-state index in [0.717, 1.165) is 5.56 Å². The summed E-state index contributed by atoms with van der Waals surface area (Å²) < 4.78 is 12.7. The van der Waals surface area contributed by atoms with E-state index in [0.29, 0.717) is 12.3 Å². The Balaban J connectivity index is 0.00000225. The maximum Gasteiger partial charge on any atom is 0.123 e. The van der Waals surface area contributed by atoms with Crippen LogP contribution in [-0.4, -0.2) is 11.2 Å². The molecule has 0 aliphatic heterocycles. The van der Waals surface area contributed by atoms with Gasteiger partial charge in [-0.3, -0.25) is 0 Å². The number of aliphatic hydroxyl groups is 1. The maximum absolute atomic E-state index is 12.7. The van der Waals surface area contributed by atoms with Crippen molar-refractivity contribution in [2.45, 2.75) is 32.4 Å². The Kier molecular flexibility index (Phi) is 6.56. The molecule has 2 nitrogen and oxygen atoms in total. The molecule has 4 heteroatoms. The molecular weight excluding hydrogens is 229 g/mol. The molecule has 2 atom stereocenters. The van der Waals surface area contributed by atoms with Crippen molar-refractivity contribution in [2.75, 3.05) is 0 Å². The molecule has 0 unspecified atom stereocenters. The second kappa shape index (κ2) is 6.84. The summed E-state index contributed by atoms with van der Waals surface area (Å²) in [6, 6.07) is 5.51. The minimum absolute atomic E-state index is 0. The van der Waals surface area contributed by atoms with E-state index in [9.17, 15) is 9.50 Å². The van der Waals surface area contributed by atoms with Gasteiger partial charge in [-0.1, -0.05) is 26.0 Å². The van der Waals surface area contributed by atoms with Crippen LogP contribution in [-0.2, 0) is 0 Å². The monoisotopic (exact) mass is 247 g/mol. The first-order valence-corrected chi connectivity index (χ1v) is 5.20. The molecule has 92 valence electrons. The zero-order valence-corrected chi connectivity index (χ0v) is 10.4. The lowest BCUT2D eigenvalue weighted by Crippen LogP contribution is -2.27. The standard InChI is InChI=1S/C12H18FNO.ClH/c1-8(2)7-11(15)12(14)9-3-5-10(13)6-4-9;/h3-6,8,11-12,15H,7,14H2,1-2H3;1H/t11-,12+;/m1./s1. The van der Waals surface area contributed by atoms with Crippen molar-refractivity contribution in [1.29, 1.82) is 0 Å². The van der Waals surface area contributed by atoms with Crippen molar-refractivity contribution < 1.29 is 9.50 Å². The zero-order chi connectivity index (χ0) is 11.4. The van der Waals surface area contributed by atoms with Gasteiger partial charge in [-0.25, -0.2) is 4.39 Å². The van der Waals surface area contributed by atoms with Gasteiger partial charge in [-0.15, -0.1) is 12.4 Å². The SMILES string of the molecule is CC(C)C[C@@H](O)[C@@H](N)c1ccc(F)cc1.Cl. The van der Waals surface area contributed by atoms with Crippen molar-refractivity contribution in [3.63, 3.8) is 0 Å². The molecule has 1 aromatic carbocycles. The van der Waals surface area contributed by atoms with E-state index in [1.807, 2.05) is 13.8 Å². The van der Waals surface area contributed by atoms with Gasteiger partial charge in [0.1, 0.15) is 5.82 Å². The van der Waals surface area contributed by atoms with E-state index >= 15 is 0 Å². The second-order valence-electron chi connectivity index (χ2n) is 4.27. The van der Waals surface area contributed by atoms with Gasteiger partial charge in [0.25, 0.3) is 0 Å². The lowest BCUT2D eigenvalue weighted by Gasteiger charge is -2.20. The van der Waals surface area contributed by atoms with Gasteiger partial charge in [0.15, 0.2) is 0 Å². The minimum Gasteiger partial charge on any atom is -0.391 e. The summed E-state index contributed by atoms with van der Waals surface area (Å²) in [4.78, 5) is 0. The molecule has 16 heavy (non-hydrogen) atoms. The molecule has 0 bridgehead atoms. The van der Waals surface area contributed by atoms with Crippen LogP contribution in [0.2, 0.25) is 0 Å². The first-order chi connectivity index (χ1) is 7.00. The number of hydrogen-bond donors (Lipinski definition) is 2. The molecule has 0 spiro atoms. The van der Waals surface area contributed by atoms with Crippen LogP contribution in [0.5, 0.6) is 0 Å². The lowest BCUT2D eigenvalue weighted by molar-refractivity contribution is 0.121. The topological polar surface area (TPSA) is 46.2 Å². The number of hydrogen-bond acceptors (Lipinski definition) is 2. The van der Waals surface area contributed by atoms with Crippen molar-refractivity contribution in [3.8, 4) is 0 Å². The fourth-order valence-corrected chi connectivity index (χ4v) is 1.54. The van der Waals surface area contributed by atoms with Crippen molar-refractivity contribution >= 4 is 12.4 Å². The van der Waals surface area contributed by atoms with Crippen molar-refractivity contribution in [2.24, 2.45) is 11.7 Å². The highest BCUT2D eigenvalue weighted by molar-refractivity contribution is 5.85. The van der Waals surface area contributed by atoms with Gasteiger partial charge in [0.05, 0.1) is 12.1 Å². The van der Waals surface area contributed by atoms with Crippen molar-refractivity contribution in [1.82, 2.24) is 0 Å². The Morgan fingerprint density at radius 2 is 1.75 bits per heavy atom. The summed E-state index contributed by atoms with van der Waals surface area (Å²) >= 11 is 0. The highest BCUT2D eigenvalue weighted by Crippen LogP contribution is 2.19. The third kappa shape index (κ3) is 4.47. The Morgan fingerprint density at radius 1 is 1.25 bits per heavy atom. The second-order valence-corrected chi connectivity index (χ2v) is 4.27. The number of rotatable bonds is 4. The molecule has 3 N–H and O–H groups in total. The van der Waals surface area contributed by atoms with Gasteiger partial charge in [-0.2, -0.15) is 0 Å². The average Bonchev–Trinajstić information content (AvgIpc) is 2.17. The third-order valence-corrected chi connectivity index (χ3v) is 2.38. The molecular formula is C12H19ClFNO. The summed E-state index contributed by atoms with van der Waals surface area (Å²) in [6.45, 7) is 4.06. The van der Waals surface area contributed by atoms with E-state index in [4.69, 9.17) is 5.73 Å². The Morgan fingerprint density at radius 3 is 2.19 bits per heavy atom. The maximum atomic E-state index is 12.7. The molecule has 0 amide bonds. The summed E-state index contributed by atoms with van der Waals surface area (Å²) in [7, 11) is 0. The van der Waals surface area contributed by atoms with E-state index in [1.54, 1.807) is 12.1 Å². The third-order valence-electron chi connectivity index (χ3n) is 2.38. The minimum atomic E-state index is -0.574. The van der Waals surface area contributed by atoms with Crippen LogP contribution in [0.15, 0.2) is 24.3 Å². The molecule has 0 aromatic heterocycles. The van der Waals surface area contributed by atoms with Gasteiger partial charge >= 0.3 is 0 Å². The van der Waals surface area contributed by atoms with Crippen LogP contribution < -0.4 is 5.73 Å². The van der Waals surface area contributed by atoms with Crippen LogP contribution >= 0.6 is 12.4 Å². The molecule has 0 fully saturated rings. The first kappa shape index (κ1) is 15.4. The molecule has 0 radical (unpaired) electrons. The van der Waals surface area contributed by atoms with Crippen LogP contribution in [0.3, 0.4) is 0 Å². The predicted octanol–water partition coefficient (Wildman–Crippen LogP) is 2.65. The fraction of sp³-hybridized carbons (Fsp3) is 0.500. The molecule has 0 saturated heterocycles. The summed E-state index contributed by atoms with van der Waals surface area (Å²) in [5.74, 6) is 0.107. The average molecular weight is 248 g/mol. The van der Waals surface area contributed by atoms with Crippen LogP contribution in [0.1, 0.15) is 31.9 Å². The highest BCUT2D eigenvalue weighted by Gasteiger charge is 2.17. The van der Waals surface area contributed by atoms with Crippen molar-refractivity contribution in [3.05, 3.63) is 35.6 Å². The van der Waals surface area contributed by atoms with Crippen LogP contribution in [0, 0.1) is 11.7 Å². The van der Waals surface area contributed by atoms with E-state index in [1.165, 1.54) is 12.1 Å². The largest absolute Gasteiger partial charge is 0.391 e. The number of nitrogens with two attached hydrogens (primary N) is 1. The van der Waals surface area contributed by atoms with Gasteiger partial charge < -0.3 is 10.8 Å². The summed E-state index contributed by atoms with van der Waals surface area (Å²) in [5, 5.41) is 9.79. The van der Waals surface area contributed by atoms with Gasteiger partial charge in [0, 0.05) is 0 Å². The molecule has 0 heterocycles. The zero-order valence-electron chi connectivity index (χ0n) is 9.56. The first-order valence-electron chi connectivity index (χ1n) is 5.20. The van der Waals surface area contributed by atoms with E-state index in [-0.39, 0.29) is 18.2 Å². The smallest absolute Gasteiger partial charge is 0.123 e. The lowest BCUT2D eigenvalue weighted by atomic mass is 9.95. The van der Waals surface area contributed by atoms with Crippen LogP contribution in [0.4, 0.5) is 4.39 Å². The Labute approximate surface area is 102 Å². The normalized spacial score (nSPS) is 14.4. The van der Waals surface area contributed by atoms with Gasteiger partial charge in [0.2, 0.25) is 0 Å². The van der Waals surface area contributed by atoms with E-state index < -0.39 is 12.1 Å². The summed E-state index contributed by atoms with van der Waals surface area (Å²) in [6.07, 6.45) is 0.0777. The Hall–Kier alpha value is -0.640. The Bertz CT molecular complexity index is 302. The summed E-state index contributed by atoms with van der Waals surface area (Å²) in [5.41, 5.74) is 6.63. The van der Waals surface area contributed by atoms with Crippen LogP contribution in [0.25, 0.3) is 0 Å². The highest BCUT2D eigenvalue weighted by atomic mass is 35.5. The van der Waals surface area contributed by atoms with Gasteiger partial charge in [-0.05, 0) is 30.0 Å². The molecule has 1 rings (SSSR count). The fourth-order valence-electron chi connectivity index (χ4n) is 1.54. The number of aliphatic hydroxyl groups excluding tert-OH is 1. The molecule has 0 saturated carbocycles. The molecule has 0 aliphatic rings. The number of benzene rings is 1. The predicted molar refractivity (Wildman–Crippen MR) is 66.0 cm³/mol. The number of halogens is 2. The van der Waals surface area contributed by atoms with E-state index in [2.05, 4.69) is 0 Å². The molecule has 0 aliphatic carbocycles.